The smallest absolute Gasteiger partial charge is 0.338 e. The summed E-state index contributed by atoms with van der Waals surface area (Å²) in [6, 6.07) is 10.5. The van der Waals surface area contributed by atoms with E-state index in [1.54, 1.807) is 59.4 Å². The maximum absolute atomic E-state index is 11.6. The number of hydrogen-bond donors (Lipinski definition) is 2. The molecule has 0 saturated heterocycles. The fourth-order valence-electron chi connectivity index (χ4n) is 2.64. The molecule has 0 fully saturated rings. The number of aromatic nitrogens is 3. The summed E-state index contributed by atoms with van der Waals surface area (Å²) in [4.78, 5) is 20.2. The standard InChI is InChI=1S/C17H11ClN4O2/c18-10-1-3-11(4-2-10)20-16-15-12(17(23)24)6-8-22(15)14-9-19-7-5-13(14)21-16/h1-9H,(H,20,21)(H,23,24). The number of aromatic carboxylic acids is 1. The van der Waals surface area contributed by atoms with Crippen molar-refractivity contribution in [3.63, 3.8) is 0 Å². The van der Waals surface area contributed by atoms with Crippen molar-refractivity contribution in [3.8, 4) is 0 Å². The number of halogens is 1. The molecule has 0 aliphatic carbocycles. The molecular formula is C17H11ClN4O2. The van der Waals surface area contributed by atoms with Crippen LogP contribution >= 0.6 is 11.6 Å². The first-order valence-electron chi connectivity index (χ1n) is 7.14. The summed E-state index contributed by atoms with van der Waals surface area (Å²) in [6.07, 6.45) is 5.01. The van der Waals surface area contributed by atoms with Crippen molar-refractivity contribution in [2.45, 2.75) is 0 Å². The van der Waals surface area contributed by atoms with Crippen molar-refractivity contribution >= 4 is 45.6 Å². The predicted octanol–water partition coefficient (Wildman–Crippen LogP) is 3.98. The van der Waals surface area contributed by atoms with Crippen LogP contribution in [0.5, 0.6) is 0 Å². The maximum Gasteiger partial charge on any atom is 0.338 e. The van der Waals surface area contributed by atoms with E-state index >= 15 is 0 Å². The van der Waals surface area contributed by atoms with Gasteiger partial charge in [0.15, 0.2) is 5.82 Å². The van der Waals surface area contributed by atoms with Gasteiger partial charge in [-0.1, -0.05) is 11.6 Å². The lowest BCUT2D eigenvalue weighted by Crippen LogP contribution is -2.03. The van der Waals surface area contributed by atoms with Gasteiger partial charge >= 0.3 is 5.97 Å². The number of fused-ring (bicyclic) bond motifs is 3. The summed E-state index contributed by atoms with van der Waals surface area (Å²) in [5, 5.41) is 13.3. The van der Waals surface area contributed by atoms with Gasteiger partial charge in [-0.05, 0) is 36.4 Å². The van der Waals surface area contributed by atoms with Crippen LogP contribution in [0.3, 0.4) is 0 Å². The molecule has 1 aromatic carbocycles. The molecule has 0 radical (unpaired) electrons. The normalized spacial score (nSPS) is 11.0. The summed E-state index contributed by atoms with van der Waals surface area (Å²) >= 11 is 5.90. The molecule has 2 N–H and O–H groups in total. The molecule has 7 heteroatoms. The van der Waals surface area contributed by atoms with Crippen molar-refractivity contribution in [1.82, 2.24) is 14.4 Å². The summed E-state index contributed by atoms with van der Waals surface area (Å²) in [5.74, 6) is -0.555. The highest BCUT2D eigenvalue weighted by atomic mass is 35.5. The molecule has 0 amide bonds. The van der Waals surface area contributed by atoms with E-state index in [0.29, 0.717) is 21.9 Å². The summed E-state index contributed by atoms with van der Waals surface area (Å²) in [5.41, 5.74) is 2.87. The van der Waals surface area contributed by atoms with E-state index in [2.05, 4.69) is 15.3 Å². The van der Waals surface area contributed by atoms with E-state index in [-0.39, 0.29) is 5.56 Å². The van der Waals surface area contributed by atoms with E-state index < -0.39 is 5.97 Å². The van der Waals surface area contributed by atoms with Gasteiger partial charge in [-0.3, -0.25) is 4.98 Å². The number of pyridine rings is 1. The minimum Gasteiger partial charge on any atom is -0.478 e. The number of benzene rings is 1. The summed E-state index contributed by atoms with van der Waals surface area (Å²) in [6.45, 7) is 0. The van der Waals surface area contributed by atoms with Crippen LogP contribution in [0.15, 0.2) is 55.0 Å². The van der Waals surface area contributed by atoms with Crippen molar-refractivity contribution in [1.29, 1.82) is 0 Å². The number of anilines is 2. The summed E-state index contributed by atoms with van der Waals surface area (Å²) in [7, 11) is 0. The van der Waals surface area contributed by atoms with E-state index in [4.69, 9.17) is 11.6 Å². The Labute approximate surface area is 141 Å². The fourth-order valence-corrected chi connectivity index (χ4v) is 2.76. The van der Waals surface area contributed by atoms with Crippen LogP contribution < -0.4 is 5.32 Å². The second kappa shape index (κ2) is 5.50. The Balaban J connectivity index is 1.98. The first kappa shape index (κ1) is 14.5. The third-order valence-corrected chi connectivity index (χ3v) is 3.97. The lowest BCUT2D eigenvalue weighted by atomic mass is 10.2. The average molecular weight is 339 g/mol. The Kier molecular flexibility index (Phi) is 3.32. The van der Waals surface area contributed by atoms with E-state index in [1.165, 1.54) is 0 Å². The van der Waals surface area contributed by atoms with Crippen LogP contribution in [-0.4, -0.2) is 25.4 Å². The number of carboxylic acid groups (broad SMARTS) is 1. The molecule has 24 heavy (non-hydrogen) atoms. The second-order valence-corrected chi connectivity index (χ2v) is 5.65. The first-order chi connectivity index (χ1) is 11.6. The van der Waals surface area contributed by atoms with Gasteiger partial charge in [0.25, 0.3) is 0 Å². The molecule has 0 atom stereocenters. The minimum atomic E-state index is -1.01. The minimum absolute atomic E-state index is 0.171. The Morgan fingerprint density at radius 3 is 2.71 bits per heavy atom. The molecular weight excluding hydrogens is 328 g/mol. The zero-order valence-corrected chi connectivity index (χ0v) is 13.0. The van der Waals surface area contributed by atoms with Crippen LogP contribution in [0.4, 0.5) is 11.5 Å². The van der Waals surface area contributed by atoms with Gasteiger partial charge in [-0.25, -0.2) is 9.78 Å². The van der Waals surface area contributed by atoms with Crippen LogP contribution in [0.1, 0.15) is 10.4 Å². The number of nitrogens with one attached hydrogen (secondary N) is 1. The number of carboxylic acids is 1. The van der Waals surface area contributed by atoms with Crippen molar-refractivity contribution in [2.75, 3.05) is 5.32 Å². The highest BCUT2D eigenvalue weighted by molar-refractivity contribution is 6.30. The molecule has 0 bridgehead atoms. The van der Waals surface area contributed by atoms with E-state index in [0.717, 1.165) is 11.2 Å². The Hall–Kier alpha value is -3.12. The molecule has 4 rings (SSSR count). The van der Waals surface area contributed by atoms with Crippen molar-refractivity contribution in [2.24, 2.45) is 0 Å². The van der Waals surface area contributed by atoms with Crippen LogP contribution in [0.25, 0.3) is 16.6 Å². The molecule has 6 nitrogen and oxygen atoms in total. The monoisotopic (exact) mass is 338 g/mol. The van der Waals surface area contributed by atoms with Crippen LogP contribution in [-0.2, 0) is 0 Å². The van der Waals surface area contributed by atoms with Gasteiger partial charge in [0.2, 0.25) is 0 Å². The molecule has 0 saturated carbocycles. The Bertz CT molecular complexity index is 1070. The van der Waals surface area contributed by atoms with Gasteiger partial charge in [-0.15, -0.1) is 0 Å². The molecule has 0 aliphatic rings. The maximum atomic E-state index is 11.6. The van der Waals surface area contributed by atoms with E-state index in [9.17, 15) is 9.90 Å². The molecule has 3 heterocycles. The lowest BCUT2D eigenvalue weighted by molar-refractivity contribution is 0.0699. The predicted molar refractivity (Wildman–Crippen MR) is 92.2 cm³/mol. The molecule has 0 spiro atoms. The molecule has 0 unspecified atom stereocenters. The van der Waals surface area contributed by atoms with Crippen LogP contribution in [0.2, 0.25) is 5.02 Å². The van der Waals surface area contributed by atoms with Crippen molar-refractivity contribution < 1.29 is 9.90 Å². The van der Waals surface area contributed by atoms with Crippen molar-refractivity contribution in [3.05, 3.63) is 65.6 Å². The van der Waals surface area contributed by atoms with Gasteiger partial charge in [-0.2, -0.15) is 0 Å². The largest absolute Gasteiger partial charge is 0.478 e. The Morgan fingerprint density at radius 2 is 1.96 bits per heavy atom. The highest BCUT2D eigenvalue weighted by Crippen LogP contribution is 2.28. The molecule has 118 valence electrons. The highest BCUT2D eigenvalue weighted by Gasteiger charge is 2.17. The SMILES string of the molecule is O=C(O)c1ccn2c1c(Nc1ccc(Cl)cc1)nc1ccncc12. The first-order valence-corrected chi connectivity index (χ1v) is 7.52. The van der Waals surface area contributed by atoms with Crippen LogP contribution in [0, 0.1) is 0 Å². The average Bonchev–Trinajstić information content (AvgIpc) is 3.03. The zero-order chi connectivity index (χ0) is 16.7. The lowest BCUT2D eigenvalue weighted by Gasteiger charge is -2.11. The quantitative estimate of drug-likeness (QED) is 0.590. The molecule has 4 aromatic rings. The van der Waals surface area contributed by atoms with Gasteiger partial charge in [0.05, 0.1) is 22.8 Å². The summed E-state index contributed by atoms with van der Waals surface area (Å²) < 4.78 is 1.77. The van der Waals surface area contributed by atoms with E-state index in [1.807, 2.05) is 0 Å². The fraction of sp³-hybridized carbons (Fsp3) is 0. The third-order valence-electron chi connectivity index (χ3n) is 3.72. The van der Waals surface area contributed by atoms with Gasteiger partial charge in [0, 0.05) is 23.1 Å². The number of rotatable bonds is 3. The number of hydrogen-bond acceptors (Lipinski definition) is 4. The zero-order valence-electron chi connectivity index (χ0n) is 12.3. The number of carbonyl (C=O) groups is 1. The number of nitrogens with zero attached hydrogens (tertiary/aromatic N) is 3. The third kappa shape index (κ3) is 2.33. The topological polar surface area (TPSA) is 79.5 Å². The molecule has 0 aliphatic heterocycles. The van der Waals surface area contributed by atoms with Gasteiger partial charge < -0.3 is 14.8 Å². The Morgan fingerprint density at radius 1 is 1.17 bits per heavy atom. The molecule has 3 aromatic heterocycles. The van der Waals surface area contributed by atoms with Gasteiger partial charge in [0.1, 0.15) is 5.52 Å². The second-order valence-electron chi connectivity index (χ2n) is 5.21.